The molecule has 1 saturated heterocycles. The number of ether oxygens (including phenoxy) is 1. The summed E-state index contributed by atoms with van der Waals surface area (Å²) < 4.78 is 45.4. The van der Waals surface area contributed by atoms with E-state index in [-0.39, 0.29) is 22.7 Å². The number of piperidine rings is 1. The molecule has 1 atom stereocenters. The van der Waals surface area contributed by atoms with Crippen molar-refractivity contribution in [3.05, 3.63) is 106 Å². The predicted octanol–water partition coefficient (Wildman–Crippen LogP) is 6.87. The Morgan fingerprint density at radius 2 is 1.78 bits per heavy atom. The monoisotopic (exact) mass is 569 g/mol. The summed E-state index contributed by atoms with van der Waals surface area (Å²) in [6, 6.07) is 21.1. The summed E-state index contributed by atoms with van der Waals surface area (Å²) in [7, 11) is 1.62. The summed E-state index contributed by atoms with van der Waals surface area (Å²) in [5.41, 5.74) is 2.81. The number of methoxy groups -OCH3 is 1. The molecule has 5 rings (SSSR count). The minimum Gasteiger partial charge on any atom is -0.497 e. The van der Waals surface area contributed by atoms with Crippen molar-refractivity contribution in [2.45, 2.75) is 18.8 Å². The van der Waals surface area contributed by atoms with Crippen LogP contribution in [0.2, 0.25) is 0 Å². The standard InChI is InChI=1S/C28H23BrF3N3O2/c1-37-22-10-8-21(9-11-22)35-16-20-13-14-34(17-25(20)33-26(35)18-5-3-2-4-6-18)27(36)19-7-12-24(29)23(15-19)28(30,31)32/h2-12,15-16,26H,13-14,17H2,1H3. The minimum atomic E-state index is -4.56. The van der Waals surface area contributed by atoms with Gasteiger partial charge in [0.25, 0.3) is 5.91 Å². The molecule has 3 aromatic rings. The average molecular weight is 570 g/mol. The van der Waals surface area contributed by atoms with Gasteiger partial charge in [-0.25, -0.2) is 0 Å². The Bertz CT molecular complexity index is 1370. The SMILES string of the molecule is COc1ccc(N2C=C3CCN(C(=O)c4ccc(Br)c(C(F)(F)F)c4)CC3=NC2c2ccccc2)cc1. The summed E-state index contributed by atoms with van der Waals surface area (Å²) in [6.07, 6.45) is -2.31. The van der Waals surface area contributed by atoms with Crippen LogP contribution in [-0.2, 0) is 6.18 Å². The van der Waals surface area contributed by atoms with Crippen molar-refractivity contribution in [1.29, 1.82) is 0 Å². The lowest BCUT2D eigenvalue weighted by atomic mass is 9.98. The quantitative estimate of drug-likeness (QED) is 0.344. The van der Waals surface area contributed by atoms with Crippen molar-refractivity contribution < 1.29 is 22.7 Å². The third-order valence-corrected chi connectivity index (χ3v) is 7.16. The molecule has 0 saturated carbocycles. The lowest BCUT2D eigenvalue weighted by molar-refractivity contribution is -0.138. The van der Waals surface area contributed by atoms with Gasteiger partial charge < -0.3 is 14.5 Å². The highest BCUT2D eigenvalue weighted by Crippen LogP contribution is 2.37. The number of amides is 1. The molecule has 1 amide bonds. The number of halogens is 4. The van der Waals surface area contributed by atoms with Gasteiger partial charge in [-0.05, 0) is 60.0 Å². The van der Waals surface area contributed by atoms with Gasteiger partial charge in [-0.1, -0.05) is 46.3 Å². The molecular weight excluding hydrogens is 547 g/mol. The maximum Gasteiger partial charge on any atom is 0.417 e. The van der Waals surface area contributed by atoms with E-state index >= 15 is 0 Å². The van der Waals surface area contributed by atoms with E-state index in [4.69, 9.17) is 9.73 Å². The van der Waals surface area contributed by atoms with Crippen molar-refractivity contribution in [1.82, 2.24) is 4.90 Å². The van der Waals surface area contributed by atoms with Gasteiger partial charge in [-0.2, -0.15) is 13.2 Å². The summed E-state index contributed by atoms with van der Waals surface area (Å²) in [6.45, 7) is 0.607. The Balaban J connectivity index is 1.45. The van der Waals surface area contributed by atoms with Crippen LogP contribution in [0.4, 0.5) is 18.9 Å². The Kier molecular flexibility index (Phi) is 6.81. The lowest BCUT2D eigenvalue weighted by Gasteiger charge is -2.38. The normalized spacial score (nSPS) is 17.6. The fourth-order valence-electron chi connectivity index (χ4n) is 4.53. The second-order valence-electron chi connectivity index (χ2n) is 8.79. The Morgan fingerprint density at radius 1 is 1.05 bits per heavy atom. The molecule has 9 heteroatoms. The summed E-state index contributed by atoms with van der Waals surface area (Å²) in [4.78, 5) is 21.9. The third-order valence-electron chi connectivity index (χ3n) is 6.47. The zero-order valence-corrected chi connectivity index (χ0v) is 21.5. The molecule has 3 aromatic carbocycles. The highest BCUT2D eigenvalue weighted by Gasteiger charge is 2.35. The molecule has 0 bridgehead atoms. The molecule has 0 N–H and O–H groups in total. The number of carbonyl (C=O) groups is 1. The number of aliphatic imine (C=N–C) groups is 1. The fraction of sp³-hybridized carbons (Fsp3) is 0.214. The Labute approximate surface area is 221 Å². The summed E-state index contributed by atoms with van der Waals surface area (Å²) >= 11 is 2.94. The van der Waals surface area contributed by atoms with E-state index in [2.05, 4.69) is 27.0 Å². The van der Waals surface area contributed by atoms with Crippen LogP contribution in [0.15, 0.2) is 94.0 Å². The molecule has 1 unspecified atom stereocenters. The first kappa shape index (κ1) is 25.1. The smallest absolute Gasteiger partial charge is 0.417 e. The maximum atomic E-state index is 13.4. The van der Waals surface area contributed by atoms with Crippen LogP contribution in [0.1, 0.15) is 34.1 Å². The van der Waals surface area contributed by atoms with Crippen LogP contribution in [0.3, 0.4) is 0 Å². The van der Waals surface area contributed by atoms with E-state index < -0.39 is 17.6 Å². The zero-order valence-electron chi connectivity index (χ0n) is 19.9. The second-order valence-corrected chi connectivity index (χ2v) is 9.64. The van der Waals surface area contributed by atoms with Crippen LogP contribution >= 0.6 is 15.9 Å². The molecule has 5 nitrogen and oxygen atoms in total. The number of likely N-dealkylation sites (tertiary alicyclic amines) is 1. The third kappa shape index (κ3) is 5.13. The highest BCUT2D eigenvalue weighted by molar-refractivity contribution is 9.10. The molecule has 2 heterocycles. The Hall–Kier alpha value is -3.59. The number of carbonyl (C=O) groups excluding carboxylic acids is 1. The molecule has 2 aliphatic heterocycles. The molecule has 2 aliphatic rings. The van der Waals surface area contributed by atoms with Crippen molar-refractivity contribution in [3.63, 3.8) is 0 Å². The van der Waals surface area contributed by atoms with Gasteiger partial charge in [0.05, 0.1) is 24.9 Å². The van der Waals surface area contributed by atoms with Crippen LogP contribution < -0.4 is 9.64 Å². The minimum absolute atomic E-state index is 0.00108. The first-order chi connectivity index (χ1) is 17.7. The van der Waals surface area contributed by atoms with E-state index in [9.17, 15) is 18.0 Å². The summed E-state index contributed by atoms with van der Waals surface area (Å²) in [5.74, 6) is 0.302. The number of hydrogen-bond donors (Lipinski definition) is 0. The van der Waals surface area contributed by atoms with Crippen LogP contribution in [-0.4, -0.2) is 36.7 Å². The van der Waals surface area contributed by atoms with Gasteiger partial charge in [0, 0.05) is 28.5 Å². The van der Waals surface area contributed by atoms with E-state index in [0.29, 0.717) is 13.0 Å². The topological polar surface area (TPSA) is 45.1 Å². The van der Waals surface area contributed by atoms with Gasteiger partial charge in [0.2, 0.25) is 0 Å². The number of benzene rings is 3. The number of anilines is 1. The average Bonchev–Trinajstić information content (AvgIpc) is 2.92. The first-order valence-corrected chi connectivity index (χ1v) is 12.4. The zero-order chi connectivity index (χ0) is 26.2. The number of nitrogens with zero attached hydrogens (tertiary/aromatic N) is 3. The van der Waals surface area contributed by atoms with Crippen LogP contribution in [0.5, 0.6) is 5.75 Å². The van der Waals surface area contributed by atoms with E-state index in [1.165, 1.54) is 12.1 Å². The van der Waals surface area contributed by atoms with Gasteiger partial charge in [-0.15, -0.1) is 0 Å². The second kappa shape index (κ2) is 10.0. The summed E-state index contributed by atoms with van der Waals surface area (Å²) in [5, 5.41) is 0. The van der Waals surface area contributed by atoms with Crippen molar-refractivity contribution in [2.24, 2.45) is 4.99 Å². The number of fused-ring (bicyclic) bond motifs is 1. The molecule has 1 fully saturated rings. The number of hydrogen-bond acceptors (Lipinski definition) is 4. The molecular formula is C28H23BrF3N3O2. The van der Waals surface area contributed by atoms with Gasteiger partial charge >= 0.3 is 6.18 Å². The van der Waals surface area contributed by atoms with Crippen molar-refractivity contribution in [3.8, 4) is 5.75 Å². The molecule has 37 heavy (non-hydrogen) atoms. The number of rotatable bonds is 4. The van der Waals surface area contributed by atoms with E-state index in [0.717, 1.165) is 34.4 Å². The number of alkyl halides is 3. The Morgan fingerprint density at radius 3 is 2.46 bits per heavy atom. The molecule has 0 spiro atoms. The van der Waals surface area contributed by atoms with Crippen molar-refractivity contribution in [2.75, 3.05) is 25.1 Å². The molecule has 0 aliphatic carbocycles. The fourth-order valence-corrected chi connectivity index (χ4v) is 5.01. The first-order valence-electron chi connectivity index (χ1n) is 11.7. The molecule has 190 valence electrons. The van der Waals surface area contributed by atoms with Gasteiger partial charge in [0.1, 0.15) is 5.75 Å². The van der Waals surface area contributed by atoms with E-state index in [1.54, 1.807) is 12.0 Å². The molecule has 0 radical (unpaired) electrons. The van der Waals surface area contributed by atoms with Gasteiger partial charge in [0.15, 0.2) is 6.17 Å². The van der Waals surface area contributed by atoms with Gasteiger partial charge in [-0.3, -0.25) is 9.79 Å². The van der Waals surface area contributed by atoms with Crippen LogP contribution in [0.25, 0.3) is 0 Å². The van der Waals surface area contributed by atoms with Crippen molar-refractivity contribution >= 4 is 33.2 Å². The molecule has 0 aromatic heterocycles. The maximum absolute atomic E-state index is 13.4. The van der Waals surface area contributed by atoms with E-state index in [1.807, 2.05) is 54.6 Å². The largest absolute Gasteiger partial charge is 0.497 e. The highest BCUT2D eigenvalue weighted by atomic mass is 79.9. The predicted molar refractivity (Wildman–Crippen MR) is 140 cm³/mol. The van der Waals surface area contributed by atoms with Crippen LogP contribution in [0, 0.1) is 0 Å². The lowest BCUT2D eigenvalue weighted by Crippen LogP contribution is -2.44.